The molecule has 0 radical (unpaired) electrons. The highest BCUT2D eigenvalue weighted by molar-refractivity contribution is 7.45. The molecule has 69 heavy (non-hydrogen) atoms. The molecule has 0 amide bonds. The number of nitrogens with zero attached hydrogens (tertiary/aromatic N) is 1. The van der Waals surface area contributed by atoms with E-state index in [1.807, 2.05) is 21.1 Å². The van der Waals surface area contributed by atoms with Crippen LogP contribution in [0.25, 0.3) is 0 Å². The van der Waals surface area contributed by atoms with E-state index in [-0.39, 0.29) is 32.0 Å². The molecule has 0 aliphatic rings. The Morgan fingerprint density at radius 1 is 0.435 bits per heavy atom. The van der Waals surface area contributed by atoms with Crippen molar-refractivity contribution in [2.75, 3.05) is 47.5 Å². The number of phosphoric acid groups is 1. The van der Waals surface area contributed by atoms with Crippen molar-refractivity contribution in [2.45, 2.75) is 309 Å². The predicted octanol–water partition coefficient (Wildman–Crippen LogP) is 17.8. The Bertz CT molecular complexity index is 1180. The molecular formula is C59H116NO8P. The smallest absolute Gasteiger partial charge is 0.306 e. The fraction of sp³-hybridized carbons (Fsp3) is 0.932. The molecule has 0 bridgehead atoms. The van der Waals surface area contributed by atoms with Crippen molar-refractivity contribution in [2.24, 2.45) is 0 Å². The summed E-state index contributed by atoms with van der Waals surface area (Å²) in [4.78, 5) is 37.7. The molecule has 0 aromatic rings. The van der Waals surface area contributed by atoms with Crippen LogP contribution >= 0.6 is 7.82 Å². The van der Waals surface area contributed by atoms with Crippen molar-refractivity contribution in [1.29, 1.82) is 0 Å². The van der Waals surface area contributed by atoms with Gasteiger partial charge in [0.25, 0.3) is 7.82 Å². The second-order valence-corrected chi connectivity index (χ2v) is 23.1. The Labute approximate surface area is 428 Å². The van der Waals surface area contributed by atoms with Gasteiger partial charge in [-0.15, -0.1) is 0 Å². The summed E-state index contributed by atoms with van der Waals surface area (Å²) in [6.45, 7) is 4.23. The van der Waals surface area contributed by atoms with Crippen LogP contribution in [0.5, 0.6) is 0 Å². The molecule has 9 nitrogen and oxygen atoms in total. The van der Waals surface area contributed by atoms with E-state index >= 15 is 0 Å². The number of carbonyl (C=O) groups is 2. The van der Waals surface area contributed by atoms with Crippen LogP contribution in [0.2, 0.25) is 0 Å². The SMILES string of the molecule is CCCC/C=C\CCCCCCCC(=O)OC(COC(=O)CCCCCCCCCCCCCCCCCCCCCCCCCCCCCCCCCCCC)COP(=O)([O-])OCC[N+](C)(C)C. The van der Waals surface area contributed by atoms with E-state index in [1.54, 1.807) is 0 Å². The van der Waals surface area contributed by atoms with Crippen molar-refractivity contribution in [3.05, 3.63) is 12.2 Å². The summed E-state index contributed by atoms with van der Waals surface area (Å²) in [6, 6.07) is 0. The van der Waals surface area contributed by atoms with Crippen LogP contribution in [0.3, 0.4) is 0 Å². The summed E-state index contributed by atoms with van der Waals surface area (Å²) in [7, 11) is 1.18. The minimum absolute atomic E-state index is 0.0292. The number of hydrogen-bond donors (Lipinski definition) is 0. The molecular weight excluding hydrogens is 882 g/mol. The van der Waals surface area contributed by atoms with E-state index in [9.17, 15) is 19.0 Å². The van der Waals surface area contributed by atoms with E-state index in [0.717, 1.165) is 57.8 Å². The highest BCUT2D eigenvalue weighted by atomic mass is 31.2. The molecule has 0 fully saturated rings. The van der Waals surface area contributed by atoms with Gasteiger partial charge in [0.05, 0.1) is 27.7 Å². The van der Waals surface area contributed by atoms with Gasteiger partial charge in [0.1, 0.15) is 19.8 Å². The first kappa shape index (κ1) is 67.8. The molecule has 0 N–H and O–H groups in total. The zero-order valence-corrected chi connectivity index (χ0v) is 47.4. The third kappa shape index (κ3) is 55.9. The summed E-state index contributed by atoms with van der Waals surface area (Å²) in [6.07, 6.45) is 60.2. The average Bonchev–Trinajstić information content (AvgIpc) is 3.31. The number of likely N-dealkylation sites (N-methyl/N-ethyl adjacent to an activating group) is 1. The van der Waals surface area contributed by atoms with Gasteiger partial charge in [0.15, 0.2) is 6.10 Å². The highest BCUT2D eigenvalue weighted by Crippen LogP contribution is 2.38. The fourth-order valence-electron chi connectivity index (χ4n) is 8.88. The molecule has 0 aliphatic carbocycles. The summed E-state index contributed by atoms with van der Waals surface area (Å²) in [5.41, 5.74) is 0. The zero-order valence-electron chi connectivity index (χ0n) is 46.5. The first-order valence-corrected chi connectivity index (χ1v) is 31.4. The maximum atomic E-state index is 12.7. The van der Waals surface area contributed by atoms with Gasteiger partial charge in [-0.2, -0.15) is 0 Å². The van der Waals surface area contributed by atoms with Gasteiger partial charge in [0, 0.05) is 12.8 Å². The second kappa shape index (κ2) is 51.6. The lowest BCUT2D eigenvalue weighted by molar-refractivity contribution is -0.870. The number of allylic oxidation sites excluding steroid dienone is 2. The number of esters is 2. The summed E-state index contributed by atoms with van der Waals surface area (Å²) in [5, 5.41) is 0. The largest absolute Gasteiger partial charge is 0.756 e. The Hall–Kier alpha value is -1.25. The van der Waals surface area contributed by atoms with Gasteiger partial charge in [-0.05, 0) is 32.1 Å². The maximum absolute atomic E-state index is 12.7. The first-order valence-electron chi connectivity index (χ1n) is 29.9. The maximum Gasteiger partial charge on any atom is 0.306 e. The predicted molar refractivity (Wildman–Crippen MR) is 292 cm³/mol. The van der Waals surface area contributed by atoms with Gasteiger partial charge in [-0.25, -0.2) is 0 Å². The standard InChI is InChI=1S/C59H116NO8P/c1-6-8-10-12-14-16-18-19-20-21-22-23-24-25-26-27-28-29-30-31-32-33-34-35-36-37-38-39-40-42-43-45-47-49-51-58(61)65-55-57(56-67-69(63,64)66-54-53-60(3,4)5)68-59(62)52-50-48-46-44-41-17-15-13-11-9-7-2/h13,15,57H,6-12,14,16-56H2,1-5H3/b15-13-. The topological polar surface area (TPSA) is 111 Å². The Kier molecular flexibility index (Phi) is 50.7. The lowest BCUT2D eigenvalue weighted by Crippen LogP contribution is -2.37. The Morgan fingerprint density at radius 3 is 1.12 bits per heavy atom. The Morgan fingerprint density at radius 2 is 0.754 bits per heavy atom. The van der Waals surface area contributed by atoms with Crippen LogP contribution in [0.1, 0.15) is 303 Å². The van der Waals surface area contributed by atoms with Gasteiger partial charge in [-0.1, -0.05) is 270 Å². The lowest BCUT2D eigenvalue weighted by Gasteiger charge is -2.28. The second-order valence-electron chi connectivity index (χ2n) is 21.7. The molecule has 0 saturated heterocycles. The van der Waals surface area contributed by atoms with E-state index in [4.69, 9.17) is 18.5 Å². The number of ether oxygens (including phenoxy) is 2. The molecule has 2 unspecified atom stereocenters. The van der Waals surface area contributed by atoms with Crippen molar-refractivity contribution in [1.82, 2.24) is 0 Å². The molecule has 410 valence electrons. The number of quaternary nitrogens is 1. The number of rotatable bonds is 56. The van der Waals surface area contributed by atoms with Gasteiger partial charge in [-0.3, -0.25) is 14.2 Å². The van der Waals surface area contributed by atoms with Crippen LogP contribution < -0.4 is 4.89 Å². The minimum atomic E-state index is -4.63. The molecule has 0 aromatic heterocycles. The van der Waals surface area contributed by atoms with Crippen molar-refractivity contribution < 1.29 is 42.1 Å². The molecule has 10 heteroatoms. The third-order valence-electron chi connectivity index (χ3n) is 13.5. The summed E-state index contributed by atoms with van der Waals surface area (Å²) in [5.74, 6) is -0.830. The molecule has 2 atom stereocenters. The quantitative estimate of drug-likeness (QED) is 0.0195. The lowest BCUT2D eigenvalue weighted by atomic mass is 10.0. The number of unbranched alkanes of at least 4 members (excludes halogenated alkanes) is 40. The number of carbonyl (C=O) groups excluding carboxylic acids is 2. The number of hydrogen-bond acceptors (Lipinski definition) is 8. The third-order valence-corrected chi connectivity index (χ3v) is 14.5. The Balaban J connectivity index is 3.86. The number of phosphoric ester groups is 1. The first-order chi connectivity index (χ1) is 33.5. The van der Waals surface area contributed by atoms with Gasteiger partial charge in [0.2, 0.25) is 0 Å². The average molecular weight is 999 g/mol. The molecule has 0 aromatic carbocycles. The molecule has 0 heterocycles. The van der Waals surface area contributed by atoms with E-state index < -0.39 is 26.5 Å². The van der Waals surface area contributed by atoms with Crippen LogP contribution in [0.4, 0.5) is 0 Å². The van der Waals surface area contributed by atoms with Gasteiger partial charge >= 0.3 is 11.9 Å². The minimum Gasteiger partial charge on any atom is -0.756 e. The highest BCUT2D eigenvalue weighted by Gasteiger charge is 2.22. The molecule has 0 spiro atoms. The molecule has 0 rings (SSSR count). The van der Waals surface area contributed by atoms with Crippen LogP contribution in [-0.2, 0) is 32.7 Å². The molecule has 0 aliphatic heterocycles. The van der Waals surface area contributed by atoms with Crippen LogP contribution in [0, 0.1) is 0 Å². The van der Waals surface area contributed by atoms with Crippen LogP contribution in [0.15, 0.2) is 12.2 Å². The monoisotopic (exact) mass is 998 g/mol. The van der Waals surface area contributed by atoms with E-state index in [1.165, 1.54) is 212 Å². The molecule has 0 saturated carbocycles. The van der Waals surface area contributed by atoms with Crippen molar-refractivity contribution in [3.8, 4) is 0 Å². The van der Waals surface area contributed by atoms with Crippen molar-refractivity contribution in [3.63, 3.8) is 0 Å². The van der Waals surface area contributed by atoms with E-state index in [0.29, 0.717) is 17.4 Å². The summed E-state index contributed by atoms with van der Waals surface area (Å²) < 4.78 is 34.0. The van der Waals surface area contributed by atoms with Crippen molar-refractivity contribution >= 4 is 19.8 Å². The van der Waals surface area contributed by atoms with E-state index in [2.05, 4.69) is 26.0 Å². The van der Waals surface area contributed by atoms with Gasteiger partial charge < -0.3 is 27.9 Å². The summed E-state index contributed by atoms with van der Waals surface area (Å²) >= 11 is 0. The van der Waals surface area contributed by atoms with Crippen LogP contribution in [-0.4, -0.2) is 70.0 Å². The zero-order chi connectivity index (χ0) is 50.6. The normalized spacial score (nSPS) is 13.3. The fourth-order valence-corrected chi connectivity index (χ4v) is 9.60.